The van der Waals surface area contributed by atoms with E-state index in [0.29, 0.717) is 22.0 Å². The number of amides is 2. The highest BCUT2D eigenvalue weighted by Crippen LogP contribution is 2.21. The van der Waals surface area contributed by atoms with Gasteiger partial charge in [0, 0.05) is 28.5 Å². The first kappa shape index (κ1) is 22.9. The summed E-state index contributed by atoms with van der Waals surface area (Å²) in [6, 6.07) is 20.8. The molecule has 33 heavy (non-hydrogen) atoms. The first-order valence-corrected chi connectivity index (χ1v) is 11.3. The maximum atomic E-state index is 13.3. The van der Waals surface area contributed by atoms with E-state index >= 15 is 0 Å². The highest BCUT2D eigenvalue weighted by molar-refractivity contribution is 6.33. The Morgan fingerprint density at radius 1 is 0.939 bits per heavy atom. The quantitative estimate of drug-likeness (QED) is 0.318. The minimum atomic E-state index is -0.811. The van der Waals surface area contributed by atoms with E-state index in [-0.39, 0.29) is 11.9 Å². The summed E-state index contributed by atoms with van der Waals surface area (Å²) < 4.78 is 0. The summed E-state index contributed by atoms with van der Waals surface area (Å²) in [7, 11) is 0. The predicted molar refractivity (Wildman–Crippen MR) is 133 cm³/mol. The lowest BCUT2D eigenvalue weighted by atomic mass is 10.0. The first-order chi connectivity index (χ1) is 15.9. The van der Waals surface area contributed by atoms with Gasteiger partial charge in [0.15, 0.2) is 0 Å². The lowest BCUT2D eigenvalue weighted by Gasteiger charge is -2.22. The molecule has 1 unspecified atom stereocenters. The van der Waals surface area contributed by atoms with E-state index in [9.17, 15) is 9.59 Å². The molecule has 0 saturated heterocycles. The SMILES string of the molecule is CC(NC(=O)[C@H](Cc1c[nH]c2ccccc12)NC(=O)c1ccccc1Cl)c1cccc(Cl)c1. The number of rotatable bonds is 7. The smallest absolute Gasteiger partial charge is 0.253 e. The topological polar surface area (TPSA) is 74.0 Å². The van der Waals surface area contributed by atoms with Crippen molar-refractivity contribution < 1.29 is 9.59 Å². The molecular formula is C26H23Cl2N3O2. The number of benzene rings is 3. The average molecular weight is 480 g/mol. The number of halogens is 2. The van der Waals surface area contributed by atoms with Crippen molar-refractivity contribution in [3.05, 3.63) is 106 Å². The Kier molecular flexibility index (Phi) is 7.02. The van der Waals surface area contributed by atoms with Crippen LogP contribution in [0.5, 0.6) is 0 Å². The van der Waals surface area contributed by atoms with Crippen LogP contribution in [0.2, 0.25) is 10.0 Å². The Bertz CT molecular complexity index is 1300. The predicted octanol–water partition coefficient (Wildman–Crippen LogP) is 5.69. The number of hydrogen-bond acceptors (Lipinski definition) is 2. The number of aromatic nitrogens is 1. The van der Waals surface area contributed by atoms with Crippen LogP contribution in [0.15, 0.2) is 79.0 Å². The molecule has 7 heteroatoms. The molecule has 1 aromatic heterocycles. The van der Waals surface area contributed by atoms with Crippen molar-refractivity contribution in [1.82, 2.24) is 15.6 Å². The molecule has 2 amide bonds. The number of carbonyl (C=O) groups excluding carboxylic acids is 2. The van der Waals surface area contributed by atoms with Crippen molar-refractivity contribution >= 4 is 45.9 Å². The van der Waals surface area contributed by atoms with Gasteiger partial charge in [0.25, 0.3) is 5.91 Å². The van der Waals surface area contributed by atoms with Crippen molar-refractivity contribution in [3.63, 3.8) is 0 Å². The molecular weight excluding hydrogens is 457 g/mol. The van der Waals surface area contributed by atoms with E-state index in [1.165, 1.54) is 0 Å². The maximum absolute atomic E-state index is 13.3. The van der Waals surface area contributed by atoms with Crippen molar-refractivity contribution in [2.24, 2.45) is 0 Å². The second-order valence-electron chi connectivity index (χ2n) is 7.85. The van der Waals surface area contributed by atoms with Crippen LogP contribution in [0.4, 0.5) is 0 Å². The van der Waals surface area contributed by atoms with E-state index in [1.807, 2.05) is 55.6 Å². The zero-order valence-corrected chi connectivity index (χ0v) is 19.5. The molecule has 0 aliphatic heterocycles. The van der Waals surface area contributed by atoms with Crippen molar-refractivity contribution in [2.45, 2.75) is 25.4 Å². The van der Waals surface area contributed by atoms with Gasteiger partial charge in [-0.25, -0.2) is 0 Å². The molecule has 4 rings (SSSR count). The Labute approximate surface area is 202 Å². The van der Waals surface area contributed by atoms with Crippen LogP contribution in [0.25, 0.3) is 10.9 Å². The van der Waals surface area contributed by atoms with Gasteiger partial charge in [-0.3, -0.25) is 9.59 Å². The zero-order chi connectivity index (χ0) is 23.4. The number of aromatic amines is 1. The van der Waals surface area contributed by atoms with Gasteiger partial charge in [0.2, 0.25) is 5.91 Å². The van der Waals surface area contributed by atoms with Crippen LogP contribution in [0, 0.1) is 0 Å². The number of carbonyl (C=O) groups is 2. The van der Waals surface area contributed by atoms with Crippen molar-refractivity contribution in [1.29, 1.82) is 0 Å². The van der Waals surface area contributed by atoms with E-state index in [0.717, 1.165) is 22.0 Å². The van der Waals surface area contributed by atoms with Crippen LogP contribution in [-0.4, -0.2) is 22.8 Å². The van der Waals surface area contributed by atoms with Gasteiger partial charge in [-0.2, -0.15) is 0 Å². The normalized spacial score (nSPS) is 12.8. The fourth-order valence-corrected chi connectivity index (χ4v) is 4.20. The van der Waals surface area contributed by atoms with Crippen molar-refractivity contribution in [2.75, 3.05) is 0 Å². The van der Waals surface area contributed by atoms with Crippen LogP contribution >= 0.6 is 23.2 Å². The summed E-state index contributed by atoms with van der Waals surface area (Å²) >= 11 is 12.3. The maximum Gasteiger partial charge on any atom is 0.253 e. The molecule has 168 valence electrons. The molecule has 0 fully saturated rings. The first-order valence-electron chi connectivity index (χ1n) is 10.6. The van der Waals surface area contributed by atoms with Crippen LogP contribution in [0.1, 0.15) is 34.5 Å². The number of H-pyrrole nitrogens is 1. The molecule has 0 radical (unpaired) electrons. The summed E-state index contributed by atoms with van der Waals surface area (Å²) in [6.07, 6.45) is 2.18. The summed E-state index contributed by atoms with van der Waals surface area (Å²) in [5.41, 5.74) is 3.09. The second kappa shape index (κ2) is 10.1. The van der Waals surface area contributed by atoms with Gasteiger partial charge >= 0.3 is 0 Å². The van der Waals surface area contributed by atoms with E-state index < -0.39 is 11.9 Å². The van der Waals surface area contributed by atoms with Crippen LogP contribution < -0.4 is 10.6 Å². The highest BCUT2D eigenvalue weighted by atomic mass is 35.5. The van der Waals surface area contributed by atoms with Crippen molar-refractivity contribution in [3.8, 4) is 0 Å². The fourth-order valence-electron chi connectivity index (χ4n) is 3.78. The minimum absolute atomic E-state index is 0.293. The van der Waals surface area contributed by atoms with Crippen LogP contribution in [-0.2, 0) is 11.2 Å². The number of nitrogens with one attached hydrogen (secondary N) is 3. The molecule has 0 aliphatic rings. The average Bonchev–Trinajstić information content (AvgIpc) is 3.21. The molecule has 1 heterocycles. The molecule has 4 aromatic rings. The number of fused-ring (bicyclic) bond motifs is 1. The molecule has 3 aromatic carbocycles. The van der Waals surface area contributed by atoms with E-state index in [4.69, 9.17) is 23.2 Å². The molecule has 0 saturated carbocycles. The van der Waals surface area contributed by atoms with E-state index in [2.05, 4.69) is 15.6 Å². The Morgan fingerprint density at radius 2 is 1.70 bits per heavy atom. The van der Waals surface area contributed by atoms with Crippen LogP contribution in [0.3, 0.4) is 0 Å². The Balaban J connectivity index is 1.59. The second-order valence-corrected chi connectivity index (χ2v) is 8.70. The van der Waals surface area contributed by atoms with Gasteiger partial charge in [-0.05, 0) is 48.4 Å². The molecule has 5 nitrogen and oxygen atoms in total. The zero-order valence-electron chi connectivity index (χ0n) is 17.9. The van der Waals surface area contributed by atoms with Gasteiger partial charge in [-0.1, -0.05) is 65.7 Å². The molecule has 3 N–H and O–H groups in total. The Morgan fingerprint density at radius 3 is 2.48 bits per heavy atom. The third kappa shape index (κ3) is 5.38. The monoisotopic (exact) mass is 479 g/mol. The largest absolute Gasteiger partial charge is 0.361 e. The number of para-hydroxylation sites is 1. The fraction of sp³-hybridized carbons (Fsp3) is 0.154. The molecule has 0 aliphatic carbocycles. The lowest BCUT2D eigenvalue weighted by Crippen LogP contribution is -2.48. The molecule has 2 atom stereocenters. The minimum Gasteiger partial charge on any atom is -0.361 e. The molecule has 0 spiro atoms. The standard InChI is InChI=1S/C26H23Cl2N3O2/c1-16(17-7-6-8-19(27)13-17)30-26(33)24(31-25(32)21-10-2-4-11-22(21)28)14-18-15-29-23-12-5-3-9-20(18)23/h2-13,15-16,24,29H,14H2,1H3,(H,30,33)(H,31,32)/t16?,24-/m0/s1. The molecule has 0 bridgehead atoms. The van der Waals surface area contributed by atoms with Gasteiger partial charge in [0.05, 0.1) is 16.6 Å². The lowest BCUT2D eigenvalue weighted by molar-refractivity contribution is -0.123. The third-order valence-corrected chi connectivity index (χ3v) is 6.11. The van der Waals surface area contributed by atoms with E-state index in [1.54, 1.807) is 30.3 Å². The third-order valence-electron chi connectivity index (χ3n) is 5.55. The Hall–Kier alpha value is -3.28. The van der Waals surface area contributed by atoms with Gasteiger partial charge in [-0.15, -0.1) is 0 Å². The van der Waals surface area contributed by atoms with Gasteiger partial charge < -0.3 is 15.6 Å². The van der Waals surface area contributed by atoms with Gasteiger partial charge in [0.1, 0.15) is 6.04 Å². The summed E-state index contributed by atoms with van der Waals surface area (Å²) in [4.78, 5) is 29.5. The highest BCUT2D eigenvalue weighted by Gasteiger charge is 2.25. The number of hydrogen-bond donors (Lipinski definition) is 3. The summed E-state index contributed by atoms with van der Waals surface area (Å²) in [5, 5.41) is 7.80. The summed E-state index contributed by atoms with van der Waals surface area (Å²) in [6.45, 7) is 1.88. The summed E-state index contributed by atoms with van der Waals surface area (Å²) in [5.74, 6) is -0.704.